The zero-order valence-electron chi connectivity index (χ0n) is 5.71. The molecule has 0 atom stereocenters. The van der Waals surface area contributed by atoms with E-state index < -0.39 is 8.25 Å². The third kappa shape index (κ3) is 9.04. The molecule has 0 amide bonds. The van der Waals surface area contributed by atoms with Crippen LogP contribution in [0, 0.1) is 0 Å². The van der Waals surface area contributed by atoms with Crippen LogP contribution in [0.5, 0.6) is 0 Å². The molecule has 0 aliphatic heterocycles. The van der Waals surface area contributed by atoms with Gasteiger partial charge in [0.25, 0.3) is 0 Å². The molecule has 60 valence electrons. The molecule has 1 rings (SSSR count). The summed E-state index contributed by atoms with van der Waals surface area (Å²) in [6.07, 6.45) is 0. The molecule has 4 N–H and O–H groups in total. The Balaban J connectivity index is 0.000000218. The third-order valence-electron chi connectivity index (χ3n) is 0.800. The molecule has 0 radical (unpaired) electrons. The standard InChI is InChI=1S/C6H7N.HO3P/c7-6-4-2-1-3-5-6;1-4(2)3/h1-5H,7H2;(H-,1,2,3)/p+1. The second kappa shape index (κ2) is 5.80. The number of anilines is 1. The molecule has 5 heteroatoms. The molecule has 0 spiro atoms. The lowest BCUT2D eigenvalue weighted by atomic mass is 10.3. The topological polar surface area (TPSA) is 83.6 Å². The van der Waals surface area contributed by atoms with Crippen LogP contribution in [-0.4, -0.2) is 9.79 Å². The van der Waals surface area contributed by atoms with Crippen molar-refractivity contribution in [2.45, 2.75) is 0 Å². The Morgan fingerprint density at radius 1 is 1.18 bits per heavy atom. The van der Waals surface area contributed by atoms with E-state index in [1.54, 1.807) is 0 Å². The zero-order chi connectivity index (χ0) is 8.69. The van der Waals surface area contributed by atoms with E-state index in [4.69, 9.17) is 20.1 Å². The van der Waals surface area contributed by atoms with E-state index in [0.717, 1.165) is 5.69 Å². The summed E-state index contributed by atoms with van der Waals surface area (Å²) in [7, 11) is -2.87. The number of para-hydroxylation sites is 1. The number of hydrogen-bond donors (Lipinski definition) is 3. The first kappa shape index (κ1) is 10.0. The fourth-order valence-electron chi connectivity index (χ4n) is 0.453. The van der Waals surface area contributed by atoms with Crippen LogP contribution in [0.1, 0.15) is 0 Å². The SMILES string of the molecule is Nc1ccccc1.O=[P+](O)O. The molecule has 1 aromatic rings. The monoisotopic (exact) mass is 174 g/mol. The highest BCUT2D eigenvalue weighted by atomic mass is 31.1. The van der Waals surface area contributed by atoms with Gasteiger partial charge < -0.3 is 5.73 Å². The molecule has 0 heterocycles. The predicted molar refractivity (Wildman–Crippen MR) is 42.9 cm³/mol. The van der Waals surface area contributed by atoms with Gasteiger partial charge in [-0.15, -0.1) is 9.79 Å². The van der Waals surface area contributed by atoms with E-state index in [2.05, 4.69) is 0 Å². The Morgan fingerprint density at radius 2 is 1.55 bits per heavy atom. The first-order valence-electron chi connectivity index (χ1n) is 2.78. The van der Waals surface area contributed by atoms with Crippen LogP contribution in [0.4, 0.5) is 5.69 Å². The van der Waals surface area contributed by atoms with E-state index in [1.807, 2.05) is 30.3 Å². The lowest BCUT2D eigenvalue weighted by molar-refractivity contribution is 0.405. The molecule has 11 heavy (non-hydrogen) atoms. The first-order valence-corrected chi connectivity index (χ1v) is 3.95. The molecular weight excluding hydrogens is 165 g/mol. The van der Waals surface area contributed by atoms with Gasteiger partial charge in [0.1, 0.15) is 0 Å². The molecule has 0 bridgehead atoms. The smallest absolute Gasteiger partial charge is 0.399 e. The summed E-state index contributed by atoms with van der Waals surface area (Å²) in [5.41, 5.74) is 6.18. The number of benzene rings is 1. The van der Waals surface area contributed by atoms with Crippen LogP contribution in [0.2, 0.25) is 0 Å². The van der Waals surface area contributed by atoms with Gasteiger partial charge in [0.15, 0.2) is 0 Å². The molecule has 0 aromatic heterocycles. The maximum Gasteiger partial charge on any atom is 0.692 e. The van der Waals surface area contributed by atoms with Crippen molar-refractivity contribution in [3.05, 3.63) is 30.3 Å². The van der Waals surface area contributed by atoms with Crippen molar-refractivity contribution in [2.75, 3.05) is 5.73 Å². The van der Waals surface area contributed by atoms with E-state index in [9.17, 15) is 0 Å². The van der Waals surface area contributed by atoms with Crippen molar-refractivity contribution in [3.63, 3.8) is 0 Å². The van der Waals surface area contributed by atoms with Crippen LogP contribution >= 0.6 is 8.25 Å². The predicted octanol–water partition coefficient (Wildman–Crippen LogP) is 0.897. The lowest BCUT2D eigenvalue weighted by Crippen LogP contribution is -1.79. The van der Waals surface area contributed by atoms with Crippen molar-refractivity contribution < 1.29 is 14.4 Å². The van der Waals surface area contributed by atoms with Gasteiger partial charge >= 0.3 is 8.25 Å². The molecule has 0 aliphatic carbocycles. The van der Waals surface area contributed by atoms with Gasteiger partial charge in [-0.05, 0) is 12.1 Å². The number of nitrogen functional groups attached to an aromatic ring is 1. The summed E-state index contributed by atoms with van der Waals surface area (Å²) >= 11 is 0. The summed E-state index contributed by atoms with van der Waals surface area (Å²) in [6.45, 7) is 0. The van der Waals surface area contributed by atoms with E-state index in [1.165, 1.54) is 0 Å². The fraction of sp³-hybridized carbons (Fsp3) is 0. The van der Waals surface area contributed by atoms with Gasteiger partial charge in [-0.2, -0.15) is 0 Å². The van der Waals surface area contributed by atoms with Crippen LogP contribution in [0.3, 0.4) is 0 Å². The summed E-state index contributed by atoms with van der Waals surface area (Å²) in [5.74, 6) is 0. The minimum absolute atomic E-state index is 0.822. The van der Waals surface area contributed by atoms with Crippen molar-refractivity contribution in [2.24, 2.45) is 0 Å². The Hall–Kier alpha value is -0.960. The van der Waals surface area contributed by atoms with Crippen LogP contribution < -0.4 is 5.73 Å². The Kier molecular flexibility index (Phi) is 5.29. The zero-order valence-corrected chi connectivity index (χ0v) is 6.61. The second-order valence-electron chi connectivity index (χ2n) is 1.66. The maximum atomic E-state index is 8.70. The van der Waals surface area contributed by atoms with Gasteiger partial charge in [-0.25, -0.2) is 0 Å². The molecule has 0 fully saturated rings. The van der Waals surface area contributed by atoms with Crippen molar-refractivity contribution in [1.82, 2.24) is 0 Å². The van der Waals surface area contributed by atoms with E-state index in [-0.39, 0.29) is 0 Å². The molecule has 1 aromatic carbocycles. The quantitative estimate of drug-likeness (QED) is 0.403. The summed E-state index contributed by atoms with van der Waals surface area (Å²) in [4.78, 5) is 14.2. The molecule has 0 unspecified atom stereocenters. The van der Waals surface area contributed by atoms with Crippen molar-refractivity contribution in [1.29, 1.82) is 0 Å². The average molecular weight is 174 g/mol. The Bertz CT molecular complexity index is 210. The van der Waals surface area contributed by atoms with Crippen LogP contribution in [0.15, 0.2) is 30.3 Å². The fourth-order valence-corrected chi connectivity index (χ4v) is 0.453. The summed E-state index contributed by atoms with van der Waals surface area (Å²) in [6, 6.07) is 9.49. The number of rotatable bonds is 0. The van der Waals surface area contributed by atoms with E-state index >= 15 is 0 Å². The average Bonchev–Trinajstić information content (AvgIpc) is 1.87. The van der Waals surface area contributed by atoms with Gasteiger partial charge in [0.05, 0.1) is 0 Å². The minimum Gasteiger partial charge on any atom is -0.399 e. The highest BCUT2D eigenvalue weighted by Crippen LogP contribution is 1.98. The van der Waals surface area contributed by atoms with Crippen molar-refractivity contribution in [3.8, 4) is 0 Å². The normalized spacial score (nSPS) is 7.82. The summed E-state index contributed by atoms with van der Waals surface area (Å²) < 4.78 is 8.70. The van der Waals surface area contributed by atoms with Crippen LogP contribution in [-0.2, 0) is 4.57 Å². The number of nitrogens with two attached hydrogens (primary N) is 1. The van der Waals surface area contributed by atoms with Gasteiger partial charge in [0.2, 0.25) is 0 Å². The molecule has 0 aliphatic rings. The molecule has 0 saturated heterocycles. The first-order chi connectivity index (χ1) is 5.13. The molecule has 0 saturated carbocycles. The number of hydrogen-bond acceptors (Lipinski definition) is 2. The van der Waals surface area contributed by atoms with Crippen molar-refractivity contribution >= 4 is 13.9 Å². The third-order valence-corrected chi connectivity index (χ3v) is 0.800. The Morgan fingerprint density at radius 3 is 1.73 bits per heavy atom. The largest absolute Gasteiger partial charge is 0.692 e. The molecular formula is C6H9NO3P+. The molecule has 4 nitrogen and oxygen atoms in total. The highest BCUT2D eigenvalue weighted by molar-refractivity contribution is 7.30. The van der Waals surface area contributed by atoms with Gasteiger partial charge in [0, 0.05) is 10.3 Å². The van der Waals surface area contributed by atoms with Gasteiger partial charge in [-0.3, -0.25) is 0 Å². The van der Waals surface area contributed by atoms with E-state index in [0.29, 0.717) is 0 Å². The van der Waals surface area contributed by atoms with Crippen LogP contribution in [0.25, 0.3) is 0 Å². The minimum atomic E-state index is -2.87. The second-order valence-corrected chi connectivity index (χ2v) is 2.17. The highest BCUT2D eigenvalue weighted by Gasteiger charge is 1.93. The Labute approximate surface area is 65.2 Å². The maximum absolute atomic E-state index is 8.70. The summed E-state index contributed by atoms with van der Waals surface area (Å²) in [5, 5.41) is 0. The van der Waals surface area contributed by atoms with Gasteiger partial charge in [-0.1, -0.05) is 18.2 Å². The lowest BCUT2D eigenvalue weighted by Gasteiger charge is -1.83.